The van der Waals surface area contributed by atoms with E-state index >= 15 is 0 Å². The number of pyridine rings is 1. The van der Waals surface area contributed by atoms with E-state index in [0.29, 0.717) is 30.9 Å². The summed E-state index contributed by atoms with van der Waals surface area (Å²) in [5, 5.41) is 34.2. The number of fused-ring (bicyclic) bond motifs is 1. The van der Waals surface area contributed by atoms with E-state index in [1.807, 2.05) is 18.2 Å². The number of cyclic esters (lactones) is 1. The summed E-state index contributed by atoms with van der Waals surface area (Å²) in [5.41, 5.74) is 0.281. The fourth-order valence-electron chi connectivity index (χ4n) is 3.49. The molecule has 0 saturated carbocycles. The summed E-state index contributed by atoms with van der Waals surface area (Å²) in [7, 11) is 0. The number of carbonyl (C=O) groups is 2. The minimum Gasteiger partial charge on any atom is -0.507 e. The highest BCUT2D eigenvalue weighted by Gasteiger charge is 2.25. The van der Waals surface area contributed by atoms with Gasteiger partial charge in [-0.15, -0.1) is 0 Å². The largest absolute Gasteiger partial charge is 0.507 e. The predicted octanol–water partition coefficient (Wildman–Crippen LogP) is 3.11. The first-order valence-electron chi connectivity index (χ1n) is 11.9. The zero-order valence-electron chi connectivity index (χ0n) is 20.3. The molecule has 0 spiro atoms. The Morgan fingerprint density at radius 3 is 2.72 bits per heavy atom. The quantitative estimate of drug-likeness (QED) is 0.351. The number of ether oxygens (including phenoxy) is 2. The van der Waals surface area contributed by atoms with E-state index in [2.05, 4.69) is 10.3 Å². The number of rotatable bonds is 6. The molecule has 2 heterocycles. The van der Waals surface area contributed by atoms with Crippen LogP contribution in [0.5, 0.6) is 11.5 Å². The highest BCUT2D eigenvalue weighted by atomic mass is 16.5. The summed E-state index contributed by atoms with van der Waals surface area (Å²) in [4.78, 5) is 29.3. The lowest BCUT2D eigenvalue weighted by Crippen LogP contribution is -2.32. The maximum atomic E-state index is 12.9. The van der Waals surface area contributed by atoms with Crippen molar-refractivity contribution in [2.24, 2.45) is 5.92 Å². The SMILES string of the molecule is C[C@@H]1/C=C\C(=O)C(O)C(O)C/C=C/c2cc(OCCCNc3ccccn3)cc(O)c2C(=O)O[C@H]1C. The molecule has 192 valence electrons. The molecule has 9 nitrogen and oxygen atoms in total. The van der Waals surface area contributed by atoms with Crippen molar-refractivity contribution in [2.45, 2.75) is 45.0 Å². The Labute approximate surface area is 210 Å². The zero-order valence-corrected chi connectivity index (χ0v) is 20.3. The van der Waals surface area contributed by atoms with Crippen molar-refractivity contribution in [2.75, 3.05) is 18.5 Å². The van der Waals surface area contributed by atoms with Crippen LogP contribution in [-0.4, -0.2) is 63.5 Å². The van der Waals surface area contributed by atoms with Gasteiger partial charge >= 0.3 is 5.97 Å². The molecule has 0 fully saturated rings. The molecule has 2 aromatic rings. The molecule has 3 rings (SSSR count). The number of ketones is 1. The van der Waals surface area contributed by atoms with E-state index in [1.54, 1.807) is 26.1 Å². The molecule has 1 aliphatic heterocycles. The van der Waals surface area contributed by atoms with E-state index < -0.39 is 30.1 Å². The number of esters is 1. The van der Waals surface area contributed by atoms with Gasteiger partial charge in [-0.25, -0.2) is 9.78 Å². The third-order valence-electron chi connectivity index (χ3n) is 5.81. The van der Waals surface area contributed by atoms with Gasteiger partial charge in [-0.1, -0.05) is 31.2 Å². The number of aromatic nitrogens is 1. The van der Waals surface area contributed by atoms with Gasteiger partial charge in [0.15, 0.2) is 5.78 Å². The number of aromatic hydroxyl groups is 1. The molecule has 0 bridgehead atoms. The Morgan fingerprint density at radius 2 is 1.97 bits per heavy atom. The molecule has 1 aromatic heterocycles. The molecule has 0 saturated heterocycles. The Bertz CT molecular complexity index is 1100. The first-order valence-corrected chi connectivity index (χ1v) is 11.9. The highest BCUT2D eigenvalue weighted by molar-refractivity contribution is 5.97. The molecule has 36 heavy (non-hydrogen) atoms. The van der Waals surface area contributed by atoms with Crippen molar-refractivity contribution in [1.29, 1.82) is 0 Å². The van der Waals surface area contributed by atoms with Crippen LogP contribution in [-0.2, 0) is 9.53 Å². The zero-order chi connectivity index (χ0) is 26.1. The number of hydrogen-bond donors (Lipinski definition) is 4. The molecule has 0 aliphatic carbocycles. The molecule has 1 aromatic carbocycles. The van der Waals surface area contributed by atoms with Crippen LogP contribution in [0.3, 0.4) is 0 Å². The number of nitrogens with one attached hydrogen (secondary N) is 1. The Balaban J connectivity index is 1.77. The topological polar surface area (TPSA) is 138 Å². The summed E-state index contributed by atoms with van der Waals surface area (Å²) >= 11 is 0. The number of phenolic OH excluding ortho intramolecular Hbond substituents is 1. The van der Waals surface area contributed by atoms with Crippen LogP contribution in [0, 0.1) is 5.92 Å². The van der Waals surface area contributed by atoms with Gasteiger partial charge < -0.3 is 30.1 Å². The van der Waals surface area contributed by atoms with E-state index in [-0.39, 0.29) is 23.7 Å². The van der Waals surface area contributed by atoms with Gasteiger partial charge in [-0.3, -0.25) is 4.79 Å². The maximum Gasteiger partial charge on any atom is 0.342 e. The number of aliphatic hydroxyl groups is 2. The molecule has 2 unspecified atom stereocenters. The summed E-state index contributed by atoms with van der Waals surface area (Å²) in [5.74, 6) is -0.906. The van der Waals surface area contributed by atoms with Crippen molar-refractivity contribution < 1.29 is 34.4 Å². The molecule has 4 atom stereocenters. The van der Waals surface area contributed by atoms with Gasteiger partial charge in [-0.2, -0.15) is 0 Å². The second kappa shape index (κ2) is 12.9. The summed E-state index contributed by atoms with van der Waals surface area (Å²) in [6, 6.07) is 8.53. The van der Waals surface area contributed by atoms with Crippen molar-refractivity contribution in [3.05, 3.63) is 65.9 Å². The second-order valence-corrected chi connectivity index (χ2v) is 8.63. The third-order valence-corrected chi connectivity index (χ3v) is 5.81. The number of carbonyl (C=O) groups excluding carboxylic acids is 2. The Kier molecular flexibility index (Phi) is 9.61. The number of aliphatic hydroxyl groups excluding tert-OH is 2. The number of nitrogens with zero attached hydrogens (tertiary/aromatic N) is 1. The molecule has 4 N–H and O–H groups in total. The van der Waals surface area contributed by atoms with Gasteiger partial charge in [0.25, 0.3) is 0 Å². The van der Waals surface area contributed by atoms with Gasteiger partial charge in [0.2, 0.25) is 0 Å². The van der Waals surface area contributed by atoms with Crippen LogP contribution in [0.25, 0.3) is 6.08 Å². The van der Waals surface area contributed by atoms with E-state index in [9.17, 15) is 24.9 Å². The number of phenols is 1. The highest BCUT2D eigenvalue weighted by Crippen LogP contribution is 2.31. The monoisotopic (exact) mass is 496 g/mol. The number of hydrogen-bond acceptors (Lipinski definition) is 9. The van der Waals surface area contributed by atoms with E-state index in [4.69, 9.17) is 9.47 Å². The summed E-state index contributed by atoms with van der Waals surface area (Å²) < 4.78 is 11.3. The molecular weight excluding hydrogens is 464 g/mol. The van der Waals surface area contributed by atoms with Crippen molar-refractivity contribution in [3.8, 4) is 11.5 Å². The molecular formula is C27H32N2O7. The standard InChI is InChI=1S/C27H32N2O7/c1-17-10-11-22(31)26(33)21(30)8-5-7-19-15-20(16-23(32)25(19)27(34)36-18(17)2)35-14-6-13-29-24-9-3-4-12-28-24/h3-5,7,9-12,15-18,21,26,30,32-33H,6,8,13-14H2,1-2H3,(H,28,29)/b7-5+,11-10-/t17-,18+,21?,26?/m1/s1. The molecule has 9 heteroatoms. The molecule has 1 aliphatic rings. The lowest BCUT2D eigenvalue weighted by Gasteiger charge is -2.20. The van der Waals surface area contributed by atoms with Crippen LogP contribution in [0.2, 0.25) is 0 Å². The minimum atomic E-state index is -1.58. The Hall–Kier alpha value is -3.69. The van der Waals surface area contributed by atoms with Crippen molar-refractivity contribution >= 4 is 23.6 Å². The van der Waals surface area contributed by atoms with Gasteiger partial charge in [0, 0.05) is 24.7 Å². The average molecular weight is 497 g/mol. The fourth-order valence-corrected chi connectivity index (χ4v) is 3.49. The van der Waals surface area contributed by atoms with Crippen molar-refractivity contribution in [1.82, 2.24) is 4.98 Å². The van der Waals surface area contributed by atoms with Gasteiger partial charge in [-0.05, 0) is 49.6 Å². The normalized spacial score (nSPS) is 24.7. The average Bonchev–Trinajstić information content (AvgIpc) is 2.86. The minimum absolute atomic E-state index is 0.0402. The summed E-state index contributed by atoms with van der Waals surface area (Å²) in [6.07, 6.45) is 4.49. The van der Waals surface area contributed by atoms with Crippen LogP contribution < -0.4 is 10.1 Å². The first kappa shape index (κ1) is 26.9. The van der Waals surface area contributed by atoms with E-state index in [0.717, 1.165) is 5.82 Å². The molecule has 0 amide bonds. The van der Waals surface area contributed by atoms with Crippen LogP contribution >= 0.6 is 0 Å². The van der Waals surface area contributed by atoms with Gasteiger partial charge in [0.1, 0.15) is 35.1 Å². The fraction of sp³-hybridized carbons (Fsp3) is 0.370. The van der Waals surface area contributed by atoms with Crippen LogP contribution in [0.15, 0.2) is 54.8 Å². The van der Waals surface area contributed by atoms with Gasteiger partial charge in [0.05, 0.1) is 12.7 Å². The third kappa shape index (κ3) is 7.40. The number of benzene rings is 1. The van der Waals surface area contributed by atoms with Crippen LogP contribution in [0.1, 0.15) is 42.6 Å². The number of anilines is 1. The smallest absolute Gasteiger partial charge is 0.342 e. The first-order chi connectivity index (χ1) is 17.3. The van der Waals surface area contributed by atoms with Crippen molar-refractivity contribution in [3.63, 3.8) is 0 Å². The van der Waals surface area contributed by atoms with Crippen LogP contribution in [0.4, 0.5) is 5.82 Å². The lowest BCUT2D eigenvalue weighted by atomic mass is 9.99. The Morgan fingerprint density at radius 1 is 1.17 bits per heavy atom. The summed E-state index contributed by atoms with van der Waals surface area (Å²) in [6.45, 7) is 4.39. The predicted molar refractivity (Wildman–Crippen MR) is 135 cm³/mol. The lowest BCUT2D eigenvalue weighted by molar-refractivity contribution is -0.127. The molecule has 0 radical (unpaired) electrons. The van der Waals surface area contributed by atoms with E-state index in [1.165, 1.54) is 30.4 Å². The maximum absolute atomic E-state index is 12.9. The second-order valence-electron chi connectivity index (χ2n) is 8.63.